The van der Waals surface area contributed by atoms with E-state index in [2.05, 4.69) is 25.6 Å². The number of aryl methyl sites for hydroxylation is 1. The molecule has 0 atom stereocenters. The van der Waals surface area contributed by atoms with Crippen LogP contribution in [0.25, 0.3) is 22.8 Å². The van der Waals surface area contributed by atoms with Gasteiger partial charge in [-0.15, -0.1) is 0 Å². The van der Waals surface area contributed by atoms with Crippen molar-refractivity contribution in [3.05, 3.63) is 143 Å². The molecule has 2 heterocycles. The largest absolute Gasteiger partial charge is 0.497 e. The highest BCUT2D eigenvalue weighted by molar-refractivity contribution is 6.05. The second-order valence-electron chi connectivity index (χ2n) is 13.4. The number of amides is 2. The van der Waals surface area contributed by atoms with Gasteiger partial charge in [0.2, 0.25) is 5.69 Å². The molecule has 15 heteroatoms. The van der Waals surface area contributed by atoms with Gasteiger partial charge < -0.3 is 25.3 Å². The van der Waals surface area contributed by atoms with Gasteiger partial charge in [-0.05, 0) is 88.9 Å². The van der Waals surface area contributed by atoms with Crippen molar-refractivity contribution in [3.63, 3.8) is 0 Å². The molecule has 6 aromatic rings. The first-order valence-electron chi connectivity index (χ1n) is 18.0. The molecule has 4 aromatic carbocycles. The van der Waals surface area contributed by atoms with Crippen molar-refractivity contribution in [2.45, 2.75) is 45.5 Å². The average Bonchev–Trinajstić information content (AvgIpc) is 3.21. The van der Waals surface area contributed by atoms with E-state index in [0.29, 0.717) is 27.4 Å². The minimum absolute atomic E-state index is 0.0304. The van der Waals surface area contributed by atoms with E-state index in [1.807, 2.05) is 0 Å². The highest BCUT2D eigenvalue weighted by Gasteiger charge is 2.32. The van der Waals surface area contributed by atoms with Crippen LogP contribution in [-0.4, -0.2) is 46.2 Å². The summed E-state index contributed by atoms with van der Waals surface area (Å²) in [6.07, 6.45) is 2.11. The van der Waals surface area contributed by atoms with Gasteiger partial charge in [0.25, 0.3) is 23.7 Å². The highest BCUT2D eigenvalue weighted by atomic mass is 19.3. The molecule has 0 saturated carbocycles. The summed E-state index contributed by atoms with van der Waals surface area (Å²) in [5.74, 6) is -6.72. The molecule has 3 N–H and O–H groups in total. The van der Waals surface area contributed by atoms with E-state index in [1.54, 1.807) is 55.5 Å². The second-order valence-corrected chi connectivity index (χ2v) is 13.4. The first kappa shape index (κ1) is 40.8. The zero-order chi connectivity index (χ0) is 41.8. The van der Waals surface area contributed by atoms with Crippen molar-refractivity contribution < 1.29 is 46.6 Å². The van der Waals surface area contributed by atoms with Crippen LogP contribution in [0.2, 0.25) is 0 Å². The van der Waals surface area contributed by atoms with Crippen LogP contribution in [0.4, 0.5) is 28.9 Å². The van der Waals surface area contributed by atoms with E-state index in [4.69, 9.17) is 9.47 Å². The monoisotopic (exact) mass is 795 g/mol. The van der Waals surface area contributed by atoms with Crippen LogP contribution in [0.1, 0.15) is 69.1 Å². The van der Waals surface area contributed by atoms with Crippen molar-refractivity contribution >= 4 is 23.2 Å². The topological polar surface area (TPSA) is 139 Å². The number of hydrogen-bond acceptors (Lipinski definition) is 8. The van der Waals surface area contributed by atoms with Crippen molar-refractivity contribution in [3.8, 4) is 34.3 Å². The highest BCUT2D eigenvalue weighted by Crippen LogP contribution is 2.35. The van der Waals surface area contributed by atoms with Crippen LogP contribution in [0, 0.1) is 6.92 Å². The molecule has 298 valence electrons. The summed E-state index contributed by atoms with van der Waals surface area (Å²) >= 11 is 0. The zero-order valence-electron chi connectivity index (χ0n) is 32.1. The third-order valence-electron chi connectivity index (χ3n) is 9.39. The van der Waals surface area contributed by atoms with Crippen LogP contribution in [0.3, 0.4) is 0 Å². The lowest BCUT2D eigenvalue weighted by molar-refractivity contribution is -0.899. The molecule has 0 aliphatic heterocycles. The number of alkyl halides is 4. The zero-order valence-corrected chi connectivity index (χ0v) is 32.1. The molecule has 58 heavy (non-hydrogen) atoms. The van der Waals surface area contributed by atoms with Gasteiger partial charge in [0, 0.05) is 65.2 Å². The van der Waals surface area contributed by atoms with Crippen LogP contribution >= 0.6 is 0 Å². The Hall–Kier alpha value is -6.90. The minimum atomic E-state index is -3.26. The Morgan fingerprint density at radius 3 is 2.05 bits per heavy atom. The Labute approximate surface area is 331 Å². The first-order chi connectivity index (χ1) is 27.6. The Morgan fingerprint density at radius 2 is 1.43 bits per heavy atom. The predicted molar refractivity (Wildman–Crippen MR) is 208 cm³/mol. The number of hydrogen-bond donors (Lipinski definition) is 3. The van der Waals surface area contributed by atoms with Crippen molar-refractivity contribution in [2.75, 3.05) is 24.9 Å². The van der Waals surface area contributed by atoms with E-state index in [0.717, 1.165) is 19.1 Å². The van der Waals surface area contributed by atoms with E-state index < -0.39 is 30.1 Å². The van der Waals surface area contributed by atoms with E-state index >= 15 is 8.78 Å². The number of carbonyl (C=O) groups is 2. The van der Waals surface area contributed by atoms with E-state index in [-0.39, 0.29) is 68.6 Å². The fourth-order valence-corrected chi connectivity index (χ4v) is 6.10. The summed E-state index contributed by atoms with van der Waals surface area (Å²) in [5, 5.41) is 16.6. The molecule has 0 bridgehead atoms. The summed E-state index contributed by atoms with van der Waals surface area (Å²) in [7, 11) is 3.02. The fraction of sp³-hybridized carbons (Fsp3) is 0.209. The smallest absolute Gasteiger partial charge is 0.369 e. The van der Waals surface area contributed by atoms with Gasteiger partial charge in [0.05, 0.1) is 19.8 Å². The SMILES string of the molecule is CCC(F)(F)c1ccc(Cc2cnc(-c3ccc(OC)cc3)nc2C(=O)Nc2cccc(C(C)(F)F)c2)c(NC(=O)c2c(C)cnc(-c3ccc(OC)cc3)[n+]2O)c1. The molecule has 0 unspecified atom stereocenters. The molecule has 2 amide bonds. The molecule has 0 aliphatic rings. The van der Waals surface area contributed by atoms with Gasteiger partial charge in [-0.3, -0.25) is 9.59 Å². The van der Waals surface area contributed by atoms with Gasteiger partial charge in [0.15, 0.2) is 5.82 Å². The summed E-state index contributed by atoms with van der Waals surface area (Å²) < 4.78 is 69.7. The quantitative estimate of drug-likeness (QED) is 0.0599. The molecule has 0 saturated heterocycles. The number of aromatic nitrogens is 4. The lowest BCUT2D eigenvalue weighted by atomic mass is 9.97. The van der Waals surface area contributed by atoms with Crippen molar-refractivity contribution in [1.29, 1.82) is 0 Å². The lowest BCUT2D eigenvalue weighted by Crippen LogP contribution is -2.43. The molecular formula is C43H39F4N6O5+. The lowest BCUT2D eigenvalue weighted by Gasteiger charge is -2.19. The van der Waals surface area contributed by atoms with Crippen LogP contribution in [-0.2, 0) is 18.3 Å². The molecule has 0 fully saturated rings. The Morgan fingerprint density at radius 1 is 0.776 bits per heavy atom. The van der Waals surface area contributed by atoms with Crippen LogP contribution in [0.5, 0.6) is 11.5 Å². The molecule has 0 spiro atoms. The molecule has 11 nitrogen and oxygen atoms in total. The van der Waals surface area contributed by atoms with Gasteiger partial charge in [-0.25, -0.2) is 27.5 Å². The Balaban J connectivity index is 1.41. The number of nitrogens with one attached hydrogen (secondary N) is 2. The Kier molecular flexibility index (Phi) is 11.7. The van der Waals surface area contributed by atoms with Crippen molar-refractivity contribution in [2.24, 2.45) is 0 Å². The van der Waals surface area contributed by atoms with Gasteiger partial charge in [-0.2, -0.15) is 0 Å². The average molecular weight is 796 g/mol. The number of anilines is 2. The van der Waals surface area contributed by atoms with Gasteiger partial charge in [-0.1, -0.05) is 31.2 Å². The number of methoxy groups -OCH3 is 2. The number of rotatable bonds is 13. The van der Waals surface area contributed by atoms with Gasteiger partial charge >= 0.3 is 5.82 Å². The summed E-state index contributed by atoms with van der Waals surface area (Å²) in [6, 6.07) is 22.3. The van der Waals surface area contributed by atoms with Crippen LogP contribution in [0.15, 0.2) is 103 Å². The summed E-state index contributed by atoms with van der Waals surface area (Å²) in [6.45, 7) is 3.62. The molecule has 6 rings (SSSR count). The number of halogens is 4. The molecule has 2 aromatic heterocycles. The molecule has 0 radical (unpaired) electrons. The number of benzene rings is 4. The second kappa shape index (κ2) is 16.7. The predicted octanol–water partition coefficient (Wildman–Crippen LogP) is 8.76. The normalized spacial score (nSPS) is 11.5. The Bertz CT molecular complexity index is 2480. The van der Waals surface area contributed by atoms with Crippen LogP contribution < -0.4 is 24.8 Å². The van der Waals surface area contributed by atoms with Gasteiger partial charge in [0.1, 0.15) is 23.4 Å². The standard InChI is InChI=1S/C43H38F4N6O5/c1-6-43(46,47)31-15-10-28(35(22-31)51-41(55)37-25(2)23-49-39(53(37)56)27-13-18-34(58-5)19-14-27)20-29-24-48-38(26-11-16-33(57-4)17-12-26)52-36(29)40(54)50-32-9-7-8-30(21-32)42(3,44)45/h7-19,21-24H,6,20H2,1-5H3,(H2-,50,51,54,55,56)/p+1. The first-order valence-corrected chi connectivity index (χ1v) is 18.0. The fourth-order valence-electron chi connectivity index (χ4n) is 6.10. The maximum atomic E-state index is 15.1. The number of carbonyl (C=O) groups excluding carboxylic acids is 2. The minimum Gasteiger partial charge on any atom is -0.497 e. The molecule has 0 aliphatic carbocycles. The summed E-state index contributed by atoms with van der Waals surface area (Å²) in [5.41, 5.74) is 0.764. The maximum Gasteiger partial charge on any atom is 0.369 e. The maximum absolute atomic E-state index is 15.1. The van der Waals surface area contributed by atoms with E-state index in [9.17, 15) is 23.6 Å². The number of ether oxygens (including phenoxy) is 2. The summed E-state index contributed by atoms with van der Waals surface area (Å²) in [4.78, 5) is 41.4. The third kappa shape index (κ3) is 8.88. The third-order valence-corrected chi connectivity index (χ3v) is 9.39. The van der Waals surface area contributed by atoms with E-state index in [1.165, 1.54) is 63.9 Å². The number of nitrogens with zero attached hydrogens (tertiary/aromatic N) is 4. The van der Waals surface area contributed by atoms with Crippen molar-refractivity contribution in [1.82, 2.24) is 15.0 Å². The molecular weight excluding hydrogens is 757 g/mol.